The Balaban J connectivity index is 1.64. The highest BCUT2D eigenvalue weighted by Crippen LogP contribution is 2.32. The minimum atomic E-state index is -4.45. The van der Waals surface area contributed by atoms with E-state index >= 15 is 0 Å². The first-order chi connectivity index (χ1) is 13.6. The van der Waals surface area contributed by atoms with Crippen LogP contribution in [0.5, 0.6) is 0 Å². The number of halogens is 3. The summed E-state index contributed by atoms with van der Waals surface area (Å²) in [7, 11) is 0. The van der Waals surface area contributed by atoms with Crippen LogP contribution in [0.2, 0.25) is 0 Å². The van der Waals surface area contributed by atoms with Gasteiger partial charge in [0, 0.05) is 44.4 Å². The fourth-order valence-electron chi connectivity index (χ4n) is 3.61. The molecule has 4 heterocycles. The highest BCUT2D eigenvalue weighted by Gasteiger charge is 2.34. The first kappa shape index (κ1) is 19.3. The van der Waals surface area contributed by atoms with Crippen molar-refractivity contribution in [2.75, 3.05) is 12.0 Å². The van der Waals surface area contributed by atoms with Gasteiger partial charge in [0.1, 0.15) is 11.9 Å². The minimum Gasteiger partial charge on any atom is -0.300 e. The Morgan fingerprint density at radius 1 is 1.31 bits per heavy atom. The number of hydrogen-bond acceptors (Lipinski definition) is 6. The first-order valence-corrected chi connectivity index (χ1v) is 9.02. The van der Waals surface area contributed by atoms with Gasteiger partial charge < -0.3 is 0 Å². The Morgan fingerprint density at radius 3 is 2.76 bits per heavy atom. The molecule has 29 heavy (non-hydrogen) atoms. The molecule has 0 bridgehead atoms. The van der Waals surface area contributed by atoms with Gasteiger partial charge in [-0.1, -0.05) is 0 Å². The summed E-state index contributed by atoms with van der Waals surface area (Å²) in [5, 5.41) is 0. The summed E-state index contributed by atoms with van der Waals surface area (Å²) in [5.41, 5.74) is 3.96. The third-order valence-corrected chi connectivity index (χ3v) is 5.11. The second-order valence-electron chi connectivity index (χ2n) is 7.20. The van der Waals surface area contributed by atoms with Crippen LogP contribution in [0.1, 0.15) is 47.0 Å². The van der Waals surface area contributed by atoms with Crippen LogP contribution in [0.15, 0.2) is 28.7 Å². The number of rotatable bonds is 2. The molecule has 0 amide bonds. The summed E-state index contributed by atoms with van der Waals surface area (Å²) in [6.07, 6.45) is -1.77. The zero-order valence-corrected chi connectivity index (χ0v) is 15.7. The quantitative estimate of drug-likeness (QED) is 0.772. The molecule has 10 heteroatoms. The van der Waals surface area contributed by atoms with Gasteiger partial charge in [0.15, 0.2) is 11.6 Å². The van der Waals surface area contributed by atoms with Crippen LogP contribution < -0.4 is 11.0 Å². The third-order valence-electron chi connectivity index (χ3n) is 5.11. The van der Waals surface area contributed by atoms with Crippen molar-refractivity contribution >= 4 is 11.9 Å². The number of carbonyl (C=O) groups excluding carboxylic acids is 1. The van der Waals surface area contributed by atoms with Crippen molar-refractivity contribution in [2.45, 2.75) is 39.2 Å². The lowest BCUT2D eigenvalue weighted by Gasteiger charge is -2.38. The molecule has 1 atom stereocenters. The van der Waals surface area contributed by atoms with E-state index in [-0.39, 0.29) is 18.0 Å². The Kier molecular flexibility index (Phi) is 4.53. The van der Waals surface area contributed by atoms with Crippen LogP contribution in [0, 0.1) is 0 Å². The van der Waals surface area contributed by atoms with Crippen LogP contribution in [-0.4, -0.2) is 38.0 Å². The summed E-state index contributed by atoms with van der Waals surface area (Å²) in [5.74, 6) is 0.00849. The molecule has 152 valence electrons. The van der Waals surface area contributed by atoms with Crippen molar-refractivity contribution in [2.24, 2.45) is 0 Å². The first-order valence-electron chi connectivity index (χ1n) is 9.02. The lowest BCUT2D eigenvalue weighted by molar-refractivity contribution is -0.137. The van der Waals surface area contributed by atoms with Crippen LogP contribution in [0.4, 0.5) is 13.2 Å². The zero-order valence-electron chi connectivity index (χ0n) is 15.7. The standard InChI is InChI=1S/C19H18F3N5O2/c1-10-5-16-24-15(11(2)28)7-17(29)27(16)25-18(10)26-4-3-14-12(9-26)6-13(8-23-14)19(20,21)22/h5-8,18,25H,3-4,9H2,1-2H3. The van der Waals surface area contributed by atoms with Gasteiger partial charge in [0.05, 0.1) is 5.56 Å². The van der Waals surface area contributed by atoms with Crippen molar-refractivity contribution in [1.82, 2.24) is 19.5 Å². The van der Waals surface area contributed by atoms with Crippen LogP contribution >= 0.6 is 0 Å². The van der Waals surface area contributed by atoms with Gasteiger partial charge in [-0.3, -0.25) is 24.9 Å². The molecule has 1 unspecified atom stereocenters. The van der Waals surface area contributed by atoms with Gasteiger partial charge in [0.25, 0.3) is 5.56 Å². The lowest BCUT2D eigenvalue weighted by Crippen LogP contribution is -2.51. The Morgan fingerprint density at radius 2 is 2.07 bits per heavy atom. The van der Waals surface area contributed by atoms with E-state index in [2.05, 4.69) is 15.4 Å². The fourth-order valence-corrected chi connectivity index (χ4v) is 3.61. The van der Waals surface area contributed by atoms with E-state index < -0.39 is 23.5 Å². The van der Waals surface area contributed by atoms with Crippen LogP contribution in [-0.2, 0) is 19.1 Å². The fraction of sp³-hybridized carbons (Fsp3) is 0.368. The predicted octanol–water partition coefficient (Wildman–Crippen LogP) is 2.20. The van der Waals surface area contributed by atoms with Gasteiger partial charge in [-0.25, -0.2) is 9.66 Å². The van der Waals surface area contributed by atoms with Gasteiger partial charge in [-0.15, -0.1) is 0 Å². The molecule has 0 saturated heterocycles. The molecule has 0 saturated carbocycles. The van der Waals surface area contributed by atoms with Gasteiger partial charge in [-0.05, 0) is 30.2 Å². The number of alkyl halides is 3. The van der Waals surface area contributed by atoms with Crippen molar-refractivity contribution < 1.29 is 18.0 Å². The highest BCUT2D eigenvalue weighted by molar-refractivity contribution is 5.92. The van der Waals surface area contributed by atoms with E-state index in [1.54, 1.807) is 6.08 Å². The highest BCUT2D eigenvalue weighted by atomic mass is 19.4. The molecule has 2 aliphatic rings. The molecule has 4 rings (SSSR count). The van der Waals surface area contributed by atoms with Crippen molar-refractivity contribution in [3.63, 3.8) is 0 Å². The van der Waals surface area contributed by atoms with E-state index in [1.165, 1.54) is 11.6 Å². The van der Waals surface area contributed by atoms with E-state index in [1.807, 2.05) is 11.8 Å². The molecule has 0 aliphatic carbocycles. The Bertz CT molecular complexity index is 1090. The number of nitrogens with zero attached hydrogens (tertiary/aromatic N) is 4. The Hall–Kier alpha value is -3.01. The minimum absolute atomic E-state index is 0.0863. The molecular formula is C19H18F3N5O2. The van der Waals surface area contributed by atoms with E-state index in [0.717, 1.165) is 23.9 Å². The number of Topliss-reactive ketones (excluding diaryl/α,β-unsaturated/α-hetero) is 1. The number of aromatic nitrogens is 3. The average molecular weight is 405 g/mol. The van der Waals surface area contributed by atoms with Crippen LogP contribution in [0.3, 0.4) is 0 Å². The smallest absolute Gasteiger partial charge is 0.300 e. The van der Waals surface area contributed by atoms with Gasteiger partial charge >= 0.3 is 6.18 Å². The molecule has 1 N–H and O–H groups in total. The van der Waals surface area contributed by atoms with E-state index in [0.29, 0.717) is 30.0 Å². The van der Waals surface area contributed by atoms with Crippen molar-refractivity contribution in [3.05, 3.63) is 62.6 Å². The number of fused-ring (bicyclic) bond motifs is 2. The second kappa shape index (κ2) is 6.80. The SMILES string of the molecule is CC(=O)c1cc(=O)n2c(n1)C=C(C)C(N1CCc3ncc(C(F)(F)F)cc3C1)N2. The molecule has 0 radical (unpaired) electrons. The maximum atomic E-state index is 13.0. The summed E-state index contributed by atoms with van der Waals surface area (Å²) in [6, 6.07) is 2.30. The predicted molar refractivity (Wildman–Crippen MR) is 98.7 cm³/mol. The molecule has 2 aromatic heterocycles. The maximum absolute atomic E-state index is 13.0. The molecule has 0 fully saturated rings. The summed E-state index contributed by atoms with van der Waals surface area (Å²) in [6.45, 7) is 4.01. The van der Waals surface area contributed by atoms with Gasteiger partial charge in [-0.2, -0.15) is 13.2 Å². The summed E-state index contributed by atoms with van der Waals surface area (Å²) >= 11 is 0. The molecular weight excluding hydrogens is 387 g/mol. The largest absolute Gasteiger partial charge is 0.417 e. The molecule has 0 spiro atoms. The van der Waals surface area contributed by atoms with Crippen molar-refractivity contribution in [3.8, 4) is 0 Å². The second-order valence-corrected chi connectivity index (χ2v) is 7.20. The van der Waals surface area contributed by atoms with E-state index in [4.69, 9.17) is 0 Å². The summed E-state index contributed by atoms with van der Waals surface area (Å²) < 4.78 is 40.3. The molecule has 2 aromatic rings. The third kappa shape index (κ3) is 3.55. The molecule has 2 aliphatic heterocycles. The molecule has 7 nitrogen and oxygen atoms in total. The zero-order chi connectivity index (χ0) is 20.9. The molecule has 0 aromatic carbocycles. The number of nitrogens with one attached hydrogen (secondary N) is 1. The number of hydrogen-bond donors (Lipinski definition) is 1. The normalized spacial score (nSPS) is 19.1. The number of pyridine rings is 1. The lowest BCUT2D eigenvalue weighted by atomic mass is 10.0. The monoisotopic (exact) mass is 405 g/mol. The van der Waals surface area contributed by atoms with E-state index in [9.17, 15) is 22.8 Å². The summed E-state index contributed by atoms with van der Waals surface area (Å²) in [4.78, 5) is 34.1. The number of carbonyl (C=O) groups is 1. The average Bonchev–Trinajstić information content (AvgIpc) is 2.65. The maximum Gasteiger partial charge on any atom is 0.417 e. The Labute approximate surface area is 163 Å². The van der Waals surface area contributed by atoms with Gasteiger partial charge in [0.2, 0.25) is 0 Å². The van der Waals surface area contributed by atoms with Crippen molar-refractivity contribution in [1.29, 1.82) is 0 Å². The van der Waals surface area contributed by atoms with Crippen LogP contribution in [0.25, 0.3) is 6.08 Å². The topological polar surface area (TPSA) is 80.1 Å². The number of ketones is 1.